The summed E-state index contributed by atoms with van der Waals surface area (Å²) in [6.45, 7) is 3.64. The Balaban J connectivity index is 1.82. The Labute approximate surface area is 142 Å². The van der Waals surface area contributed by atoms with Crippen molar-refractivity contribution in [2.75, 3.05) is 40.4 Å². The fourth-order valence-electron chi connectivity index (χ4n) is 2.80. The van der Waals surface area contributed by atoms with Gasteiger partial charge in [0.15, 0.2) is 5.96 Å². The first-order valence-corrected chi connectivity index (χ1v) is 8.27. The molecule has 1 unspecified atom stereocenters. The minimum atomic E-state index is 0.593. The number of hydrogen-bond acceptors (Lipinski definition) is 2. The Bertz CT molecular complexity index is 502. The Morgan fingerprint density at radius 2 is 2.09 bits per heavy atom. The summed E-state index contributed by atoms with van der Waals surface area (Å²) in [5.74, 6) is 1.54. The summed E-state index contributed by atoms with van der Waals surface area (Å²) in [7, 11) is 3.58. The molecule has 0 aromatic heterocycles. The first kappa shape index (κ1) is 17.4. The SMILES string of the molecule is CN=C(NCCc1cc(Cl)cc(Cl)c1)N1CCC(COC)C1. The highest BCUT2D eigenvalue weighted by Crippen LogP contribution is 2.19. The zero-order valence-corrected chi connectivity index (χ0v) is 14.6. The van der Waals surface area contributed by atoms with Crippen LogP contribution >= 0.6 is 23.2 Å². The van der Waals surface area contributed by atoms with Crippen LogP contribution in [0.2, 0.25) is 10.0 Å². The topological polar surface area (TPSA) is 36.9 Å². The van der Waals surface area contributed by atoms with Gasteiger partial charge in [0.05, 0.1) is 6.61 Å². The van der Waals surface area contributed by atoms with Gasteiger partial charge in [-0.05, 0) is 36.6 Å². The molecule has 1 fully saturated rings. The van der Waals surface area contributed by atoms with Crippen LogP contribution in [-0.4, -0.2) is 51.3 Å². The van der Waals surface area contributed by atoms with E-state index in [1.807, 2.05) is 19.2 Å². The molecule has 1 aromatic rings. The first-order valence-electron chi connectivity index (χ1n) is 7.52. The van der Waals surface area contributed by atoms with E-state index in [9.17, 15) is 0 Å². The van der Waals surface area contributed by atoms with Crippen molar-refractivity contribution in [2.24, 2.45) is 10.9 Å². The lowest BCUT2D eigenvalue weighted by molar-refractivity contribution is 0.157. The number of benzene rings is 1. The van der Waals surface area contributed by atoms with E-state index in [1.165, 1.54) is 0 Å². The summed E-state index contributed by atoms with van der Waals surface area (Å²) in [4.78, 5) is 6.66. The molecule has 1 saturated heterocycles. The predicted octanol–water partition coefficient (Wildman–Crippen LogP) is 3.08. The average molecular weight is 344 g/mol. The Morgan fingerprint density at radius 1 is 1.36 bits per heavy atom. The Morgan fingerprint density at radius 3 is 2.73 bits per heavy atom. The van der Waals surface area contributed by atoms with Crippen LogP contribution in [0.1, 0.15) is 12.0 Å². The maximum absolute atomic E-state index is 6.02. The maximum atomic E-state index is 6.02. The molecule has 0 saturated carbocycles. The molecule has 1 atom stereocenters. The van der Waals surface area contributed by atoms with Crippen molar-refractivity contribution in [3.63, 3.8) is 0 Å². The van der Waals surface area contributed by atoms with Gasteiger partial charge < -0.3 is 15.0 Å². The lowest BCUT2D eigenvalue weighted by Gasteiger charge is -2.21. The van der Waals surface area contributed by atoms with E-state index in [2.05, 4.69) is 15.2 Å². The van der Waals surface area contributed by atoms with Gasteiger partial charge in [-0.3, -0.25) is 4.99 Å². The molecule has 122 valence electrons. The van der Waals surface area contributed by atoms with E-state index in [0.717, 1.165) is 50.6 Å². The molecule has 1 N–H and O–H groups in total. The fraction of sp³-hybridized carbons (Fsp3) is 0.562. The Hall–Kier alpha value is -0.970. The molecular formula is C16H23Cl2N3O. The first-order chi connectivity index (χ1) is 10.6. The molecule has 0 amide bonds. The van der Waals surface area contributed by atoms with Gasteiger partial charge in [-0.2, -0.15) is 0 Å². The molecular weight excluding hydrogens is 321 g/mol. The van der Waals surface area contributed by atoms with Crippen LogP contribution in [0, 0.1) is 5.92 Å². The number of likely N-dealkylation sites (tertiary alicyclic amines) is 1. The normalized spacial score (nSPS) is 18.8. The third kappa shape index (κ3) is 5.04. The lowest BCUT2D eigenvalue weighted by atomic mass is 10.1. The number of ether oxygens (including phenoxy) is 1. The van der Waals surface area contributed by atoms with E-state index in [-0.39, 0.29) is 0 Å². The molecule has 0 spiro atoms. The maximum Gasteiger partial charge on any atom is 0.193 e. The monoisotopic (exact) mass is 343 g/mol. The molecule has 22 heavy (non-hydrogen) atoms. The highest BCUT2D eigenvalue weighted by molar-refractivity contribution is 6.34. The third-order valence-corrected chi connectivity index (χ3v) is 4.26. The van der Waals surface area contributed by atoms with Crippen molar-refractivity contribution in [1.82, 2.24) is 10.2 Å². The second-order valence-electron chi connectivity index (χ2n) is 5.56. The second kappa shape index (κ2) is 8.61. The van der Waals surface area contributed by atoms with Gasteiger partial charge in [0.25, 0.3) is 0 Å². The number of nitrogens with one attached hydrogen (secondary N) is 1. The van der Waals surface area contributed by atoms with Crippen LogP contribution < -0.4 is 5.32 Å². The molecule has 1 aliphatic rings. The van der Waals surface area contributed by atoms with Crippen LogP contribution in [0.4, 0.5) is 0 Å². The van der Waals surface area contributed by atoms with E-state index in [0.29, 0.717) is 16.0 Å². The van der Waals surface area contributed by atoms with Gasteiger partial charge in [0.2, 0.25) is 0 Å². The number of hydrogen-bond donors (Lipinski definition) is 1. The number of halogens is 2. The van der Waals surface area contributed by atoms with E-state index >= 15 is 0 Å². The molecule has 1 aromatic carbocycles. The van der Waals surface area contributed by atoms with Crippen LogP contribution in [0.25, 0.3) is 0 Å². The molecule has 1 heterocycles. The minimum Gasteiger partial charge on any atom is -0.384 e. The van der Waals surface area contributed by atoms with Gasteiger partial charge in [0.1, 0.15) is 0 Å². The van der Waals surface area contributed by atoms with Crippen LogP contribution in [0.3, 0.4) is 0 Å². The van der Waals surface area contributed by atoms with Crippen LogP contribution in [-0.2, 0) is 11.2 Å². The third-order valence-electron chi connectivity index (χ3n) is 3.82. The summed E-state index contributed by atoms with van der Waals surface area (Å²) in [5.41, 5.74) is 1.12. The number of rotatable bonds is 5. The highest BCUT2D eigenvalue weighted by atomic mass is 35.5. The zero-order chi connectivity index (χ0) is 15.9. The summed E-state index contributed by atoms with van der Waals surface area (Å²) in [5, 5.41) is 4.76. The Kier molecular flexibility index (Phi) is 6.80. The summed E-state index contributed by atoms with van der Waals surface area (Å²) in [6, 6.07) is 5.64. The van der Waals surface area contributed by atoms with Gasteiger partial charge in [-0.1, -0.05) is 23.2 Å². The van der Waals surface area contributed by atoms with E-state index < -0.39 is 0 Å². The smallest absolute Gasteiger partial charge is 0.193 e. The molecule has 2 rings (SSSR count). The summed E-state index contributed by atoms with van der Waals surface area (Å²) >= 11 is 12.0. The van der Waals surface area contributed by atoms with Crippen molar-refractivity contribution < 1.29 is 4.74 Å². The van der Waals surface area contributed by atoms with Gasteiger partial charge in [0, 0.05) is 49.8 Å². The van der Waals surface area contributed by atoms with Crippen molar-refractivity contribution in [3.05, 3.63) is 33.8 Å². The second-order valence-corrected chi connectivity index (χ2v) is 6.43. The molecule has 0 aliphatic carbocycles. The molecule has 4 nitrogen and oxygen atoms in total. The number of methoxy groups -OCH3 is 1. The standard InChI is InChI=1S/C16H23Cl2N3O/c1-19-16(21-6-4-13(10-21)11-22-2)20-5-3-12-7-14(17)9-15(18)8-12/h7-9,13H,3-6,10-11H2,1-2H3,(H,19,20). The minimum absolute atomic E-state index is 0.593. The lowest BCUT2D eigenvalue weighted by Crippen LogP contribution is -2.41. The van der Waals surface area contributed by atoms with Gasteiger partial charge in [-0.25, -0.2) is 0 Å². The number of nitrogens with zero attached hydrogens (tertiary/aromatic N) is 2. The predicted molar refractivity (Wildman–Crippen MR) is 93.1 cm³/mol. The van der Waals surface area contributed by atoms with E-state index in [4.69, 9.17) is 27.9 Å². The van der Waals surface area contributed by atoms with E-state index in [1.54, 1.807) is 13.2 Å². The molecule has 0 bridgehead atoms. The molecule has 0 radical (unpaired) electrons. The zero-order valence-electron chi connectivity index (χ0n) is 13.1. The quantitative estimate of drug-likeness (QED) is 0.659. The van der Waals surface area contributed by atoms with Crippen molar-refractivity contribution >= 4 is 29.2 Å². The summed E-state index contributed by atoms with van der Waals surface area (Å²) < 4.78 is 5.24. The summed E-state index contributed by atoms with van der Waals surface area (Å²) in [6.07, 6.45) is 2.01. The fourth-order valence-corrected chi connectivity index (χ4v) is 3.37. The number of aliphatic imine (C=N–C) groups is 1. The van der Waals surface area contributed by atoms with Gasteiger partial charge in [-0.15, -0.1) is 0 Å². The molecule has 6 heteroatoms. The van der Waals surface area contributed by atoms with Crippen LogP contribution in [0.15, 0.2) is 23.2 Å². The van der Waals surface area contributed by atoms with Crippen molar-refractivity contribution in [3.8, 4) is 0 Å². The van der Waals surface area contributed by atoms with Crippen molar-refractivity contribution in [2.45, 2.75) is 12.8 Å². The highest BCUT2D eigenvalue weighted by Gasteiger charge is 2.24. The average Bonchev–Trinajstić information content (AvgIpc) is 2.91. The van der Waals surface area contributed by atoms with Gasteiger partial charge >= 0.3 is 0 Å². The van der Waals surface area contributed by atoms with Crippen LogP contribution in [0.5, 0.6) is 0 Å². The van der Waals surface area contributed by atoms with Crippen molar-refractivity contribution in [1.29, 1.82) is 0 Å². The molecule has 1 aliphatic heterocycles. The number of guanidine groups is 1. The largest absolute Gasteiger partial charge is 0.384 e.